The van der Waals surface area contributed by atoms with Crippen molar-refractivity contribution in [2.75, 3.05) is 5.32 Å². The van der Waals surface area contributed by atoms with Crippen LogP contribution in [0.15, 0.2) is 30.5 Å². The van der Waals surface area contributed by atoms with Crippen LogP contribution in [-0.4, -0.2) is 17.3 Å². The molecule has 1 heterocycles. The number of benzene rings is 1. The lowest BCUT2D eigenvalue weighted by Crippen LogP contribution is -2.15. The molecule has 2 aromatic rings. The molecule has 1 unspecified atom stereocenters. The fourth-order valence-corrected chi connectivity index (χ4v) is 1.65. The van der Waals surface area contributed by atoms with Crippen molar-refractivity contribution in [3.63, 3.8) is 0 Å². The van der Waals surface area contributed by atoms with E-state index in [0.717, 1.165) is 22.7 Å². The van der Waals surface area contributed by atoms with Gasteiger partial charge in [-0.3, -0.25) is 0 Å². The number of nitrogens with zero attached hydrogens (tertiary/aromatic N) is 2. The van der Waals surface area contributed by atoms with Gasteiger partial charge in [0, 0.05) is 17.3 Å². The molecule has 0 amide bonds. The molecule has 1 N–H and O–H groups in total. The predicted molar refractivity (Wildman–Crippen MR) is 77.0 cm³/mol. The minimum atomic E-state index is -0.232. The molecule has 0 bridgehead atoms. The molecule has 0 aliphatic heterocycles. The van der Waals surface area contributed by atoms with E-state index in [9.17, 15) is 4.79 Å². The summed E-state index contributed by atoms with van der Waals surface area (Å²) in [5.74, 6) is 0. The van der Waals surface area contributed by atoms with E-state index in [4.69, 9.17) is 5.26 Å². The highest BCUT2D eigenvalue weighted by Crippen LogP contribution is 2.21. The molecule has 98 valence electrons. The molecule has 0 spiro atoms. The zero-order valence-electron chi connectivity index (χ0n) is 11.3. The molecule has 1 aromatic carbocycles. The standard InChI is InChI=1S/C13H11N3O.C2H6/c1-9(8-17)16-11-2-3-12-10(6-11)4-5-15-13(12)7-14;1-2/h2-6,8-9,16H,1H3;1-2H3. The molecular weight excluding hydrogens is 238 g/mol. The molecule has 2 rings (SSSR count). The number of pyridine rings is 1. The molecule has 0 saturated carbocycles. The molecule has 4 nitrogen and oxygen atoms in total. The summed E-state index contributed by atoms with van der Waals surface area (Å²) in [6.45, 7) is 5.78. The number of anilines is 1. The Morgan fingerprint density at radius 1 is 1.37 bits per heavy atom. The van der Waals surface area contributed by atoms with E-state index in [-0.39, 0.29) is 6.04 Å². The average Bonchev–Trinajstić information content (AvgIpc) is 2.48. The summed E-state index contributed by atoms with van der Waals surface area (Å²) in [5, 5.41) is 13.7. The van der Waals surface area contributed by atoms with E-state index in [0.29, 0.717) is 5.69 Å². The SMILES string of the molecule is CC.CC(C=O)Nc1ccc2c(C#N)nccc2c1. The first-order valence-corrected chi connectivity index (χ1v) is 6.25. The minimum absolute atomic E-state index is 0.232. The van der Waals surface area contributed by atoms with Crippen LogP contribution in [0.2, 0.25) is 0 Å². The zero-order valence-corrected chi connectivity index (χ0v) is 11.3. The van der Waals surface area contributed by atoms with Gasteiger partial charge in [0.1, 0.15) is 18.0 Å². The van der Waals surface area contributed by atoms with Crippen molar-refractivity contribution < 1.29 is 4.79 Å². The number of aromatic nitrogens is 1. The number of carbonyl (C=O) groups excluding carboxylic acids is 1. The number of hydrogen-bond acceptors (Lipinski definition) is 4. The maximum atomic E-state index is 10.6. The van der Waals surface area contributed by atoms with Crippen LogP contribution in [0.5, 0.6) is 0 Å². The van der Waals surface area contributed by atoms with E-state index in [2.05, 4.69) is 16.4 Å². The normalized spacial score (nSPS) is 10.8. The van der Waals surface area contributed by atoms with Gasteiger partial charge < -0.3 is 10.1 Å². The number of carbonyl (C=O) groups is 1. The third-order valence-corrected chi connectivity index (χ3v) is 2.47. The van der Waals surface area contributed by atoms with Crippen molar-refractivity contribution >= 4 is 22.7 Å². The smallest absolute Gasteiger partial charge is 0.148 e. The first-order valence-electron chi connectivity index (χ1n) is 6.25. The van der Waals surface area contributed by atoms with Gasteiger partial charge in [0.25, 0.3) is 0 Å². The molecule has 1 atom stereocenters. The zero-order chi connectivity index (χ0) is 14.3. The third-order valence-electron chi connectivity index (χ3n) is 2.47. The Hall–Kier alpha value is -2.41. The maximum absolute atomic E-state index is 10.6. The molecule has 0 saturated heterocycles. The van der Waals surface area contributed by atoms with Crippen molar-refractivity contribution in [1.29, 1.82) is 5.26 Å². The van der Waals surface area contributed by atoms with Crippen molar-refractivity contribution in [2.24, 2.45) is 0 Å². The first kappa shape index (κ1) is 14.7. The minimum Gasteiger partial charge on any atom is -0.376 e. The summed E-state index contributed by atoms with van der Waals surface area (Å²) in [4.78, 5) is 14.6. The maximum Gasteiger partial charge on any atom is 0.148 e. The highest BCUT2D eigenvalue weighted by atomic mass is 16.1. The molecule has 0 radical (unpaired) electrons. The van der Waals surface area contributed by atoms with Crippen molar-refractivity contribution in [3.05, 3.63) is 36.2 Å². The highest BCUT2D eigenvalue weighted by Gasteiger charge is 2.04. The van der Waals surface area contributed by atoms with E-state index in [1.54, 1.807) is 13.1 Å². The van der Waals surface area contributed by atoms with Gasteiger partial charge in [0.2, 0.25) is 0 Å². The molecule has 0 aliphatic carbocycles. The van der Waals surface area contributed by atoms with Crippen LogP contribution in [0.3, 0.4) is 0 Å². The van der Waals surface area contributed by atoms with Crippen molar-refractivity contribution in [2.45, 2.75) is 26.8 Å². The van der Waals surface area contributed by atoms with Crippen molar-refractivity contribution in [3.8, 4) is 6.07 Å². The molecule has 0 aliphatic rings. The van der Waals surface area contributed by atoms with E-state index in [1.807, 2.05) is 38.1 Å². The van der Waals surface area contributed by atoms with E-state index >= 15 is 0 Å². The van der Waals surface area contributed by atoms with Gasteiger partial charge in [-0.2, -0.15) is 5.26 Å². The number of rotatable bonds is 3. The summed E-state index contributed by atoms with van der Waals surface area (Å²) in [7, 11) is 0. The lowest BCUT2D eigenvalue weighted by molar-refractivity contribution is -0.108. The lowest BCUT2D eigenvalue weighted by Gasteiger charge is -2.09. The van der Waals surface area contributed by atoms with E-state index < -0.39 is 0 Å². The number of hydrogen-bond donors (Lipinski definition) is 1. The molecule has 19 heavy (non-hydrogen) atoms. The van der Waals surface area contributed by atoms with Crippen LogP contribution in [0.4, 0.5) is 5.69 Å². The first-order chi connectivity index (χ1) is 9.24. The Bertz CT molecular complexity index is 602. The Labute approximate surface area is 113 Å². The lowest BCUT2D eigenvalue weighted by atomic mass is 10.1. The van der Waals surface area contributed by atoms with Gasteiger partial charge in [0.15, 0.2) is 0 Å². The number of fused-ring (bicyclic) bond motifs is 1. The van der Waals surface area contributed by atoms with Crippen molar-refractivity contribution in [1.82, 2.24) is 4.98 Å². The average molecular weight is 255 g/mol. The second kappa shape index (κ2) is 7.12. The fraction of sp³-hybridized carbons (Fsp3) is 0.267. The summed E-state index contributed by atoms with van der Waals surface area (Å²) in [6.07, 6.45) is 2.45. The van der Waals surface area contributed by atoms with Crippen LogP contribution in [0.25, 0.3) is 10.8 Å². The van der Waals surface area contributed by atoms with Crippen LogP contribution < -0.4 is 5.32 Å². The topological polar surface area (TPSA) is 65.8 Å². The summed E-state index contributed by atoms with van der Waals surface area (Å²) in [6, 6.07) is 9.24. The number of nitrogens with one attached hydrogen (secondary N) is 1. The summed E-state index contributed by atoms with van der Waals surface area (Å²) < 4.78 is 0. The van der Waals surface area contributed by atoms with Gasteiger partial charge in [0.05, 0.1) is 6.04 Å². The third kappa shape index (κ3) is 3.52. The van der Waals surface area contributed by atoms with Gasteiger partial charge in [-0.15, -0.1) is 0 Å². The molecule has 1 aromatic heterocycles. The van der Waals surface area contributed by atoms with Crippen LogP contribution >= 0.6 is 0 Å². The molecule has 0 fully saturated rings. The van der Waals surface area contributed by atoms with E-state index in [1.165, 1.54) is 0 Å². The summed E-state index contributed by atoms with van der Waals surface area (Å²) in [5.41, 5.74) is 1.27. The predicted octanol–water partition coefficient (Wildman–Crippen LogP) is 3.13. The second-order valence-electron chi connectivity index (χ2n) is 3.78. The molecule has 4 heteroatoms. The van der Waals surface area contributed by atoms with Gasteiger partial charge >= 0.3 is 0 Å². The van der Waals surface area contributed by atoms with Gasteiger partial charge in [-0.05, 0) is 36.6 Å². The quantitative estimate of drug-likeness (QED) is 0.856. The van der Waals surface area contributed by atoms with Gasteiger partial charge in [-0.1, -0.05) is 13.8 Å². The largest absolute Gasteiger partial charge is 0.376 e. The monoisotopic (exact) mass is 255 g/mol. The Morgan fingerprint density at radius 2 is 2.11 bits per heavy atom. The summed E-state index contributed by atoms with van der Waals surface area (Å²) >= 11 is 0. The second-order valence-corrected chi connectivity index (χ2v) is 3.78. The Kier molecular flexibility index (Phi) is 5.49. The van der Waals surface area contributed by atoms with Crippen LogP contribution in [0.1, 0.15) is 26.5 Å². The number of aldehydes is 1. The Balaban J connectivity index is 0.000000861. The van der Waals surface area contributed by atoms with Crippen LogP contribution in [0, 0.1) is 11.3 Å². The molecular formula is C15H17N3O. The van der Waals surface area contributed by atoms with Gasteiger partial charge in [-0.25, -0.2) is 4.98 Å². The highest BCUT2D eigenvalue weighted by molar-refractivity contribution is 5.89. The van der Waals surface area contributed by atoms with Crippen LogP contribution in [-0.2, 0) is 4.79 Å². The Morgan fingerprint density at radius 3 is 2.74 bits per heavy atom. The number of nitriles is 1. The fourth-order valence-electron chi connectivity index (χ4n) is 1.65.